The molecule has 2 aromatic carbocycles. The Labute approximate surface area is 186 Å². The van der Waals surface area contributed by atoms with Crippen LogP contribution in [-0.2, 0) is 13.1 Å². The summed E-state index contributed by atoms with van der Waals surface area (Å²) >= 11 is 12.2. The summed E-state index contributed by atoms with van der Waals surface area (Å²) in [6, 6.07) is 15.9. The summed E-state index contributed by atoms with van der Waals surface area (Å²) in [6.07, 6.45) is 3.71. The minimum absolute atomic E-state index is 0.114. The summed E-state index contributed by atoms with van der Waals surface area (Å²) in [4.78, 5) is 19.3. The quantitative estimate of drug-likeness (QED) is 0.489. The minimum atomic E-state index is -0.246. The first-order valence-electron chi connectivity index (χ1n) is 9.98. The van der Waals surface area contributed by atoms with Crippen LogP contribution < -0.4 is 5.32 Å². The van der Waals surface area contributed by atoms with Gasteiger partial charge >= 0.3 is 0 Å². The van der Waals surface area contributed by atoms with Crippen LogP contribution in [0.4, 0.5) is 0 Å². The molecule has 0 spiro atoms. The molecule has 1 aromatic heterocycles. The fourth-order valence-corrected chi connectivity index (χ4v) is 3.70. The third-order valence-electron chi connectivity index (χ3n) is 5.20. The second kappa shape index (κ2) is 9.21. The molecule has 0 saturated heterocycles. The molecule has 0 radical (unpaired) electrons. The molecule has 5 nitrogen and oxygen atoms in total. The zero-order valence-corrected chi connectivity index (χ0v) is 18.2. The van der Waals surface area contributed by atoms with Crippen molar-refractivity contribution in [2.45, 2.75) is 44.9 Å². The lowest BCUT2D eigenvalue weighted by Crippen LogP contribution is -2.27. The van der Waals surface area contributed by atoms with Gasteiger partial charge in [0.25, 0.3) is 5.91 Å². The first-order valence-corrected chi connectivity index (χ1v) is 10.7. The van der Waals surface area contributed by atoms with Gasteiger partial charge in [0.15, 0.2) is 5.69 Å². The number of carbonyl (C=O) groups is 1. The van der Waals surface area contributed by atoms with Gasteiger partial charge < -0.3 is 9.73 Å². The summed E-state index contributed by atoms with van der Waals surface area (Å²) < 4.78 is 5.60. The van der Waals surface area contributed by atoms with Crippen molar-refractivity contribution in [1.29, 1.82) is 0 Å². The summed E-state index contributed by atoms with van der Waals surface area (Å²) in [5, 5.41) is 4.06. The Bertz CT molecular complexity index is 1020. The van der Waals surface area contributed by atoms with Crippen molar-refractivity contribution in [1.82, 2.24) is 15.2 Å². The third-order valence-corrected chi connectivity index (χ3v) is 5.94. The standard InChI is InChI=1S/C23H23Cl2N3O2/c1-15(17-5-3-2-4-6-17)26-23(29)21-14-30-22(27-21)13-28(18-8-9-18)12-16-7-10-19(24)20(25)11-16/h2-7,10-11,14-15,18H,8-9,12-13H2,1H3,(H,26,29)/t15-/m0/s1. The van der Waals surface area contributed by atoms with Crippen LogP contribution >= 0.6 is 23.2 Å². The monoisotopic (exact) mass is 443 g/mol. The number of halogens is 2. The maximum atomic E-state index is 12.6. The van der Waals surface area contributed by atoms with Gasteiger partial charge in [0.2, 0.25) is 5.89 Å². The Balaban J connectivity index is 1.39. The van der Waals surface area contributed by atoms with Gasteiger partial charge in [-0.15, -0.1) is 0 Å². The number of benzene rings is 2. The number of nitrogens with zero attached hydrogens (tertiary/aromatic N) is 2. The second-order valence-electron chi connectivity index (χ2n) is 7.62. The van der Waals surface area contributed by atoms with Gasteiger partial charge in [-0.1, -0.05) is 59.6 Å². The Hall–Kier alpha value is -2.34. The Kier molecular flexibility index (Phi) is 6.42. The number of oxazole rings is 1. The smallest absolute Gasteiger partial charge is 0.273 e. The van der Waals surface area contributed by atoms with E-state index in [1.54, 1.807) is 0 Å². The molecule has 1 aliphatic rings. The van der Waals surface area contributed by atoms with Crippen molar-refractivity contribution in [2.75, 3.05) is 0 Å². The Morgan fingerprint density at radius 2 is 1.93 bits per heavy atom. The van der Waals surface area contributed by atoms with E-state index < -0.39 is 0 Å². The van der Waals surface area contributed by atoms with E-state index in [0.29, 0.717) is 28.5 Å². The largest absolute Gasteiger partial charge is 0.447 e. The molecule has 1 fully saturated rings. The Morgan fingerprint density at radius 1 is 1.17 bits per heavy atom. The summed E-state index contributed by atoms with van der Waals surface area (Å²) in [5.74, 6) is 0.281. The van der Waals surface area contributed by atoms with Crippen LogP contribution in [0.15, 0.2) is 59.2 Å². The highest BCUT2D eigenvalue weighted by Gasteiger charge is 2.30. The fourth-order valence-electron chi connectivity index (χ4n) is 3.38. The number of rotatable bonds is 8. The molecule has 30 heavy (non-hydrogen) atoms. The summed E-state index contributed by atoms with van der Waals surface area (Å²) in [7, 11) is 0. The highest BCUT2D eigenvalue weighted by Crippen LogP contribution is 2.31. The van der Waals surface area contributed by atoms with Gasteiger partial charge in [0.1, 0.15) is 6.26 Å². The van der Waals surface area contributed by atoms with Gasteiger partial charge in [-0.25, -0.2) is 4.98 Å². The molecule has 1 heterocycles. The number of carbonyl (C=O) groups excluding carboxylic acids is 1. The molecule has 3 aromatic rings. The molecule has 1 aliphatic carbocycles. The van der Waals surface area contributed by atoms with E-state index in [0.717, 1.165) is 30.5 Å². The number of amides is 1. The average molecular weight is 444 g/mol. The molecule has 7 heteroatoms. The van der Waals surface area contributed by atoms with Gasteiger partial charge in [-0.3, -0.25) is 9.69 Å². The van der Waals surface area contributed by atoms with Gasteiger partial charge in [-0.2, -0.15) is 0 Å². The normalized spacial score (nSPS) is 14.7. The molecule has 1 saturated carbocycles. The first kappa shape index (κ1) is 20.9. The molecule has 0 aliphatic heterocycles. The van der Waals surface area contributed by atoms with Crippen LogP contribution in [0.5, 0.6) is 0 Å². The first-order chi connectivity index (χ1) is 14.5. The van der Waals surface area contributed by atoms with E-state index in [-0.39, 0.29) is 17.6 Å². The van der Waals surface area contributed by atoms with Crippen molar-refractivity contribution in [3.8, 4) is 0 Å². The molecule has 1 atom stereocenters. The molecule has 0 bridgehead atoms. The number of hydrogen-bond acceptors (Lipinski definition) is 4. The van der Waals surface area contributed by atoms with E-state index in [1.807, 2.05) is 55.5 Å². The minimum Gasteiger partial charge on any atom is -0.447 e. The van der Waals surface area contributed by atoms with Crippen molar-refractivity contribution in [2.24, 2.45) is 0 Å². The maximum Gasteiger partial charge on any atom is 0.273 e. The zero-order chi connectivity index (χ0) is 21.1. The molecule has 4 rings (SSSR count). The lowest BCUT2D eigenvalue weighted by molar-refractivity contribution is 0.0934. The van der Waals surface area contributed by atoms with E-state index in [2.05, 4.69) is 15.2 Å². The van der Waals surface area contributed by atoms with Crippen LogP contribution in [0.1, 0.15) is 53.3 Å². The van der Waals surface area contributed by atoms with E-state index in [9.17, 15) is 4.79 Å². The van der Waals surface area contributed by atoms with Gasteiger partial charge in [0.05, 0.1) is 22.6 Å². The lowest BCUT2D eigenvalue weighted by atomic mass is 10.1. The molecule has 1 N–H and O–H groups in total. The summed E-state index contributed by atoms with van der Waals surface area (Å²) in [6.45, 7) is 3.20. The highest BCUT2D eigenvalue weighted by atomic mass is 35.5. The van der Waals surface area contributed by atoms with Crippen molar-refractivity contribution >= 4 is 29.1 Å². The molecule has 156 valence electrons. The average Bonchev–Trinajstić information content (AvgIpc) is 3.49. The van der Waals surface area contributed by atoms with E-state index in [1.165, 1.54) is 6.26 Å². The fraction of sp³-hybridized carbons (Fsp3) is 0.304. The van der Waals surface area contributed by atoms with Crippen LogP contribution in [-0.4, -0.2) is 21.8 Å². The number of nitrogens with one attached hydrogen (secondary N) is 1. The SMILES string of the molecule is C[C@H](NC(=O)c1coc(CN(Cc2ccc(Cl)c(Cl)c2)C2CC2)n1)c1ccccc1. The predicted molar refractivity (Wildman–Crippen MR) is 118 cm³/mol. The third kappa shape index (κ3) is 5.22. The van der Waals surface area contributed by atoms with Crippen LogP contribution in [0, 0.1) is 0 Å². The van der Waals surface area contributed by atoms with Crippen LogP contribution in [0.25, 0.3) is 0 Å². The van der Waals surface area contributed by atoms with Gasteiger partial charge in [0, 0.05) is 12.6 Å². The van der Waals surface area contributed by atoms with Crippen molar-refractivity contribution in [3.63, 3.8) is 0 Å². The molecular weight excluding hydrogens is 421 g/mol. The van der Waals surface area contributed by atoms with Crippen LogP contribution in [0.3, 0.4) is 0 Å². The predicted octanol–water partition coefficient (Wildman–Crippen LogP) is 5.64. The zero-order valence-electron chi connectivity index (χ0n) is 16.6. The Morgan fingerprint density at radius 3 is 2.63 bits per heavy atom. The number of aromatic nitrogens is 1. The van der Waals surface area contributed by atoms with Crippen LogP contribution in [0.2, 0.25) is 10.0 Å². The number of hydrogen-bond donors (Lipinski definition) is 1. The lowest BCUT2D eigenvalue weighted by Gasteiger charge is -2.20. The molecular formula is C23H23Cl2N3O2. The maximum absolute atomic E-state index is 12.6. The topological polar surface area (TPSA) is 58.4 Å². The van der Waals surface area contributed by atoms with E-state index >= 15 is 0 Å². The van der Waals surface area contributed by atoms with Crippen molar-refractivity contribution < 1.29 is 9.21 Å². The summed E-state index contributed by atoms with van der Waals surface area (Å²) in [5.41, 5.74) is 2.41. The molecule has 1 amide bonds. The van der Waals surface area contributed by atoms with Gasteiger partial charge in [-0.05, 0) is 43.0 Å². The highest BCUT2D eigenvalue weighted by molar-refractivity contribution is 6.42. The van der Waals surface area contributed by atoms with Crippen molar-refractivity contribution in [3.05, 3.63) is 87.6 Å². The molecule has 0 unspecified atom stereocenters. The second-order valence-corrected chi connectivity index (χ2v) is 8.43. The van der Waals surface area contributed by atoms with E-state index in [4.69, 9.17) is 27.6 Å².